The molecule has 1 aromatic heterocycles. The molecule has 1 N–H and O–H groups in total. The minimum absolute atomic E-state index is 0.463. The van der Waals surface area contributed by atoms with Gasteiger partial charge < -0.3 is 5.11 Å². The highest BCUT2D eigenvalue weighted by atomic mass is 16.4. The first-order valence-electron chi connectivity index (χ1n) is 7.59. The van der Waals surface area contributed by atoms with Gasteiger partial charge in [0.25, 0.3) is 0 Å². The number of carboxylic acids is 1. The Hall–Kier alpha value is -1.46. The van der Waals surface area contributed by atoms with Crippen molar-refractivity contribution in [2.75, 3.05) is 0 Å². The van der Waals surface area contributed by atoms with Crippen molar-refractivity contribution in [2.24, 2.45) is 5.92 Å². The van der Waals surface area contributed by atoms with E-state index in [0.717, 1.165) is 6.42 Å². The highest BCUT2D eigenvalue weighted by molar-refractivity contribution is 5.76. The summed E-state index contributed by atoms with van der Waals surface area (Å²) < 4.78 is 1.51. The molecule has 1 fully saturated rings. The molecule has 6 heteroatoms. The number of rotatable bonds is 5. The summed E-state index contributed by atoms with van der Waals surface area (Å²) in [6, 6.07) is 0. The topological polar surface area (TPSA) is 80.9 Å². The van der Waals surface area contributed by atoms with Crippen molar-refractivity contribution >= 4 is 5.97 Å². The van der Waals surface area contributed by atoms with Crippen LogP contribution in [0.15, 0.2) is 0 Å². The summed E-state index contributed by atoms with van der Waals surface area (Å²) >= 11 is 0. The molecule has 112 valence electrons. The van der Waals surface area contributed by atoms with Gasteiger partial charge in [-0.25, -0.2) is 9.48 Å². The molecule has 6 nitrogen and oxygen atoms in total. The zero-order valence-corrected chi connectivity index (χ0v) is 12.4. The summed E-state index contributed by atoms with van der Waals surface area (Å²) in [5.41, 5.74) is -1.05. The van der Waals surface area contributed by atoms with E-state index >= 15 is 0 Å². The number of carboxylic acid groups (broad SMARTS) is 1. The average molecular weight is 280 g/mol. The van der Waals surface area contributed by atoms with E-state index in [1.165, 1.54) is 43.2 Å². The zero-order valence-electron chi connectivity index (χ0n) is 12.4. The van der Waals surface area contributed by atoms with Crippen LogP contribution in [0.1, 0.15) is 64.6 Å². The van der Waals surface area contributed by atoms with Gasteiger partial charge in [0.05, 0.1) is 0 Å². The standard InChI is InChI=1S/C14H24N4O2/c1-3-14(2,13(19)20)18-12(15-16-17-18)10-11-8-6-4-5-7-9-11/h11H,3-10H2,1-2H3,(H,19,20). The van der Waals surface area contributed by atoms with Gasteiger partial charge in [-0.15, -0.1) is 5.10 Å². The predicted molar refractivity (Wildman–Crippen MR) is 74.3 cm³/mol. The number of carbonyl (C=O) groups is 1. The highest BCUT2D eigenvalue weighted by Crippen LogP contribution is 2.27. The molecule has 0 spiro atoms. The molecule has 1 aliphatic carbocycles. The molecule has 0 amide bonds. The molecule has 1 unspecified atom stereocenters. The smallest absolute Gasteiger partial charge is 0.331 e. The van der Waals surface area contributed by atoms with Gasteiger partial charge in [0, 0.05) is 6.42 Å². The second kappa shape index (κ2) is 6.33. The number of tetrazole rings is 1. The molecule has 1 aromatic rings. The minimum atomic E-state index is -1.05. The third-order valence-corrected chi connectivity index (χ3v) is 4.60. The van der Waals surface area contributed by atoms with Crippen molar-refractivity contribution in [1.82, 2.24) is 20.2 Å². The maximum atomic E-state index is 11.5. The molecule has 1 heterocycles. The molecule has 0 bridgehead atoms. The second-order valence-electron chi connectivity index (χ2n) is 6.00. The SMILES string of the molecule is CCC(C)(C(=O)O)n1nnnc1CC1CCCCCC1. The lowest BCUT2D eigenvalue weighted by Gasteiger charge is -2.25. The van der Waals surface area contributed by atoms with Gasteiger partial charge in [0.2, 0.25) is 0 Å². The number of aliphatic carboxylic acids is 1. The van der Waals surface area contributed by atoms with Crippen LogP contribution in [0.2, 0.25) is 0 Å². The molecule has 0 saturated heterocycles. The van der Waals surface area contributed by atoms with E-state index in [1.54, 1.807) is 6.92 Å². The summed E-state index contributed by atoms with van der Waals surface area (Å²) in [5, 5.41) is 21.2. The number of hydrogen-bond acceptors (Lipinski definition) is 4. The van der Waals surface area contributed by atoms with Crippen molar-refractivity contribution in [2.45, 2.75) is 70.8 Å². The van der Waals surface area contributed by atoms with Crippen LogP contribution in [0.4, 0.5) is 0 Å². The number of nitrogens with zero attached hydrogens (tertiary/aromatic N) is 4. The molecular weight excluding hydrogens is 256 g/mol. The summed E-state index contributed by atoms with van der Waals surface area (Å²) in [6.45, 7) is 3.54. The van der Waals surface area contributed by atoms with Gasteiger partial charge in [-0.3, -0.25) is 0 Å². The Morgan fingerprint density at radius 3 is 2.55 bits per heavy atom. The van der Waals surface area contributed by atoms with Gasteiger partial charge in [0.15, 0.2) is 11.4 Å². The fraction of sp³-hybridized carbons (Fsp3) is 0.857. The predicted octanol–water partition coefficient (Wildman–Crippen LogP) is 2.40. The molecule has 20 heavy (non-hydrogen) atoms. The Labute approximate surface area is 119 Å². The summed E-state index contributed by atoms with van der Waals surface area (Å²) in [7, 11) is 0. The van der Waals surface area contributed by atoms with Crippen LogP contribution < -0.4 is 0 Å². The first kappa shape index (κ1) is 14.9. The molecule has 0 radical (unpaired) electrons. The normalized spacial score (nSPS) is 20.3. The van der Waals surface area contributed by atoms with Gasteiger partial charge in [-0.2, -0.15) is 0 Å². The lowest BCUT2D eigenvalue weighted by atomic mass is 9.94. The first-order valence-corrected chi connectivity index (χ1v) is 7.59. The van der Waals surface area contributed by atoms with Crippen LogP contribution in [-0.2, 0) is 16.8 Å². The Kier molecular flexibility index (Phi) is 4.73. The maximum absolute atomic E-state index is 11.5. The van der Waals surface area contributed by atoms with Gasteiger partial charge in [-0.05, 0) is 29.7 Å². The van der Waals surface area contributed by atoms with Gasteiger partial charge in [-0.1, -0.05) is 45.4 Å². The fourth-order valence-electron chi connectivity index (χ4n) is 2.93. The quantitative estimate of drug-likeness (QED) is 0.838. The largest absolute Gasteiger partial charge is 0.479 e. The van der Waals surface area contributed by atoms with E-state index in [0.29, 0.717) is 18.2 Å². The van der Waals surface area contributed by atoms with Crippen LogP contribution in [0, 0.1) is 5.92 Å². The van der Waals surface area contributed by atoms with Crippen LogP contribution in [-0.4, -0.2) is 31.3 Å². The third-order valence-electron chi connectivity index (χ3n) is 4.60. The minimum Gasteiger partial charge on any atom is -0.479 e. The van der Waals surface area contributed by atoms with Crippen LogP contribution in [0.5, 0.6) is 0 Å². The van der Waals surface area contributed by atoms with Crippen LogP contribution in [0.25, 0.3) is 0 Å². The van der Waals surface area contributed by atoms with Gasteiger partial charge in [0.1, 0.15) is 0 Å². The van der Waals surface area contributed by atoms with Crippen molar-refractivity contribution in [3.8, 4) is 0 Å². The lowest BCUT2D eigenvalue weighted by molar-refractivity contribution is -0.147. The molecule has 0 aliphatic heterocycles. The Morgan fingerprint density at radius 1 is 1.35 bits per heavy atom. The Balaban J connectivity index is 2.17. The lowest BCUT2D eigenvalue weighted by Crippen LogP contribution is -2.40. The third kappa shape index (κ3) is 2.99. The van der Waals surface area contributed by atoms with Crippen molar-refractivity contribution in [3.63, 3.8) is 0 Å². The summed E-state index contributed by atoms with van der Waals surface area (Å²) in [6.07, 6.45) is 8.78. The van der Waals surface area contributed by atoms with E-state index in [4.69, 9.17) is 0 Å². The number of aromatic nitrogens is 4. The summed E-state index contributed by atoms with van der Waals surface area (Å²) in [4.78, 5) is 11.5. The number of hydrogen-bond donors (Lipinski definition) is 1. The van der Waals surface area contributed by atoms with E-state index in [-0.39, 0.29) is 0 Å². The molecule has 1 atom stereocenters. The summed E-state index contributed by atoms with van der Waals surface area (Å²) in [5.74, 6) is 0.412. The van der Waals surface area contributed by atoms with Crippen molar-refractivity contribution in [3.05, 3.63) is 5.82 Å². The van der Waals surface area contributed by atoms with Crippen molar-refractivity contribution < 1.29 is 9.90 Å². The average Bonchev–Trinajstić information content (AvgIpc) is 2.74. The highest BCUT2D eigenvalue weighted by Gasteiger charge is 2.37. The second-order valence-corrected chi connectivity index (χ2v) is 6.00. The van der Waals surface area contributed by atoms with E-state index in [9.17, 15) is 9.90 Å². The van der Waals surface area contributed by atoms with Crippen LogP contribution in [0.3, 0.4) is 0 Å². The Morgan fingerprint density at radius 2 is 2.00 bits per heavy atom. The monoisotopic (exact) mass is 280 g/mol. The van der Waals surface area contributed by atoms with Crippen molar-refractivity contribution in [1.29, 1.82) is 0 Å². The molecule has 0 aromatic carbocycles. The fourth-order valence-corrected chi connectivity index (χ4v) is 2.93. The van der Waals surface area contributed by atoms with E-state index in [2.05, 4.69) is 15.5 Å². The molecule has 1 aliphatic rings. The van der Waals surface area contributed by atoms with Crippen LogP contribution >= 0.6 is 0 Å². The maximum Gasteiger partial charge on any atom is 0.331 e. The Bertz CT molecular complexity index is 452. The first-order chi connectivity index (χ1) is 9.58. The van der Waals surface area contributed by atoms with Gasteiger partial charge >= 0.3 is 5.97 Å². The molecular formula is C14H24N4O2. The zero-order chi connectivity index (χ0) is 14.6. The molecule has 1 saturated carbocycles. The van der Waals surface area contributed by atoms with E-state index in [1.807, 2.05) is 6.92 Å². The van der Waals surface area contributed by atoms with E-state index < -0.39 is 11.5 Å². The molecule has 2 rings (SSSR count).